The summed E-state index contributed by atoms with van der Waals surface area (Å²) in [6.07, 6.45) is 3.28. The predicted molar refractivity (Wildman–Crippen MR) is 40.7 cm³/mol. The molecule has 0 N–H and O–H groups in total. The van der Waals surface area contributed by atoms with E-state index in [1.165, 1.54) is 0 Å². The van der Waals surface area contributed by atoms with E-state index >= 15 is 0 Å². The minimum Gasteiger partial charge on any atom is -0.356 e. The topological polar surface area (TPSA) is 149 Å². The van der Waals surface area contributed by atoms with E-state index in [1.54, 1.807) is 12.5 Å². The van der Waals surface area contributed by atoms with Gasteiger partial charge in [-0.05, 0) is 0 Å². The summed E-state index contributed by atoms with van der Waals surface area (Å²) in [5, 5.41) is 29.5. The molecule has 0 radical (unpaired) electrons. The van der Waals surface area contributed by atoms with Crippen LogP contribution in [0, 0.1) is 30.6 Å². The maximum Gasteiger partial charge on any atom is 2.00 e. The van der Waals surface area contributed by atoms with Gasteiger partial charge in [0.05, 0.1) is 10.2 Å². The molecule has 0 saturated carbocycles. The maximum absolute atomic E-state index is 9.56. The van der Waals surface area contributed by atoms with Crippen molar-refractivity contribution in [1.82, 2.24) is 0 Å². The van der Waals surface area contributed by atoms with Crippen LogP contribution in [0.5, 0.6) is 0 Å². The van der Waals surface area contributed by atoms with E-state index in [1.807, 2.05) is 0 Å². The first-order valence-electron chi connectivity index (χ1n) is 2.08. The van der Waals surface area contributed by atoms with E-state index in [0.717, 1.165) is 0 Å². The van der Waals surface area contributed by atoms with Crippen molar-refractivity contribution in [3.8, 4) is 0 Å². The summed E-state index contributed by atoms with van der Waals surface area (Å²) in [7, 11) is -0.611. The molecule has 0 bridgehead atoms. The van der Waals surface area contributed by atoms with Crippen molar-refractivity contribution < 1.29 is 34.8 Å². The smallest absolute Gasteiger partial charge is 0.356 e. The standard InChI is InChI=1S/C2H6OS.2NO3.Pd/c1-4(2)3;2*2-1(3)4;/h1-2H3;;;/q;2*-1;+2. The Morgan fingerprint density at radius 1 is 0.923 bits per heavy atom. The van der Waals surface area contributed by atoms with Crippen LogP contribution in [0.4, 0.5) is 0 Å². The fraction of sp³-hybridized carbons (Fsp3) is 1.00. The first kappa shape index (κ1) is 22.8. The zero-order chi connectivity index (χ0) is 10.7. The second kappa shape index (κ2) is 17.3. The van der Waals surface area contributed by atoms with Crippen molar-refractivity contribution >= 4 is 10.8 Å². The van der Waals surface area contributed by atoms with E-state index in [0.29, 0.717) is 0 Å². The molecule has 0 atom stereocenters. The first-order valence-corrected chi connectivity index (χ1v) is 4.04. The molecule has 0 aliphatic rings. The van der Waals surface area contributed by atoms with Crippen LogP contribution in [0.1, 0.15) is 0 Å². The molecular formula is C2H6N2O7PdS. The Labute approximate surface area is 89.1 Å². The Bertz CT molecular complexity index is 122. The molecule has 0 saturated heterocycles. The molecule has 0 aromatic carbocycles. The molecule has 9 nitrogen and oxygen atoms in total. The summed E-state index contributed by atoms with van der Waals surface area (Å²) in [6, 6.07) is 0. The molecule has 0 aliphatic carbocycles. The van der Waals surface area contributed by atoms with E-state index in [-0.39, 0.29) is 20.4 Å². The molecule has 0 fully saturated rings. The normalized spacial score (nSPS) is 6.38. The van der Waals surface area contributed by atoms with Crippen LogP contribution in [-0.4, -0.2) is 26.9 Å². The van der Waals surface area contributed by atoms with Crippen molar-refractivity contribution in [3.63, 3.8) is 0 Å². The summed E-state index contributed by atoms with van der Waals surface area (Å²) >= 11 is 0. The van der Waals surface area contributed by atoms with Crippen molar-refractivity contribution in [2.75, 3.05) is 12.5 Å². The average Bonchev–Trinajstić information content (AvgIpc) is 1.54. The Morgan fingerprint density at radius 2 is 0.923 bits per heavy atom. The minimum absolute atomic E-state index is 0. The molecule has 11 heteroatoms. The largest absolute Gasteiger partial charge is 2.00 e. The van der Waals surface area contributed by atoms with Gasteiger partial charge in [0, 0.05) is 23.3 Å². The van der Waals surface area contributed by atoms with Gasteiger partial charge in [-0.2, -0.15) is 0 Å². The van der Waals surface area contributed by atoms with Gasteiger partial charge in [0.2, 0.25) is 0 Å². The average molecular weight is 309 g/mol. The summed E-state index contributed by atoms with van der Waals surface area (Å²) in [6.45, 7) is 0. The van der Waals surface area contributed by atoms with Crippen LogP contribution >= 0.6 is 0 Å². The van der Waals surface area contributed by atoms with Gasteiger partial charge < -0.3 is 30.6 Å². The zero-order valence-corrected chi connectivity index (χ0v) is 8.85. The van der Waals surface area contributed by atoms with Gasteiger partial charge in [0.1, 0.15) is 0 Å². The van der Waals surface area contributed by atoms with Crippen LogP contribution in [-0.2, 0) is 31.2 Å². The molecule has 0 heterocycles. The first-order chi connectivity index (χ1) is 5.20. The van der Waals surface area contributed by atoms with Crippen LogP contribution in [0.3, 0.4) is 0 Å². The number of hydrogen-bond acceptors (Lipinski definition) is 7. The van der Waals surface area contributed by atoms with Gasteiger partial charge in [-0.15, -0.1) is 0 Å². The Hall–Kier alpha value is -0.788. The number of rotatable bonds is 0. The number of nitrogens with zero attached hydrogens (tertiary/aromatic N) is 2. The van der Waals surface area contributed by atoms with Gasteiger partial charge in [0.15, 0.2) is 0 Å². The Balaban J connectivity index is -0.0000000450. The Morgan fingerprint density at radius 3 is 0.923 bits per heavy atom. The summed E-state index contributed by atoms with van der Waals surface area (Å²) in [4.78, 5) is 16.5. The third-order valence-electron chi connectivity index (χ3n) is 0. The van der Waals surface area contributed by atoms with E-state index in [9.17, 15) is 4.21 Å². The summed E-state index contributed by atoms with van der Waals surface area (Å²) in [5.41, 5.74) is 0. The van der Waals surface area contributed by atoms with Crippen molar-refractivity contribution in [2.24, 2.45) is 0 Å². The van der Waals surface area contributed by atoms with Crippen LogP contribution < -0.4 is 0 Å². The molecule has 0 spiro atoms. The predicted octanol–water partition coefficient (Wildman–Crippen LogP) is -0.486. The molecular weight excluding hydrogens is 303 g/mol. The second-order valence-electron chi connectivity index (χ2n) is 1.19. The van der Waals surface area contributed by atoms with E-state index in [4.69, 9.17) is 30.6 Å². The third kappa shape index (κ3) is 1530. The molecule has 0 aromatic rings. The number of hydrogen-bond donors (Lipinski definition) is 0. The maximum atomic E-state index is 9.56. The molecule has 0 aromatic heterocycles. The fourth-order valence-electron chi connectivity index (χ4n) is 0. The summed E-state index contributed by atoms with van der Waals surface area (Å²) < 4.78 is 9.56. The molecule has 0 amide bonds. The van der Waals surface area contributed by atoms with Gasteiger partial charge in [-0.25, -0.2) is 0 Å². The van der Waals surface area contributed by atoms with Crippen molar-refractivity contribution in [2.45, 2.75) is 0 Å². The van der Waals surface area contributed by atoms with Crippen LogP contribution in [0.15, 0.2) is 0 Å². The van der Waals surface area contributed by atoms with Crippen LogP contribution in [0.2, 0.25) is 0 Å². The minimum atomic E-state index is -1.75. The molecule has 13 heavy (non-hydrogen) atoms. The molecule has 0 aliphatic heterocycles. The molecule has 0 rings (SSSR count). The van der Waals surface area contributed by atoms with Gasteiger partial charge in [-0.1, -0.05) is 0 Å². The SMILES string of the molecule is CS(C)=O.O=[N+]([O-])[O-].O=[N+]([O-])[O-].[Pd+2]. The quantitative estimate of drug-likeness (QED) is 0.333. The van der Waals surface area contributed by atoms with Gasteiger partial charge >= 0.3 is 20.4 Å². The second-order valence-corrected chi connectivity index (χ2v) is 2.67. The van der Waals surface area contributed by atoms with Crippen LogP contribution in [0.25, 0.3) is 0 Å². The third-order valence-corrected chi connectivity index (χ3v) is 0. The molecule has 0 unspecified atom stereocenters. The molecule has 82 valence electrons. The van der Waals surface area contributed by atoms with Gasteiger partial charge in [-0.3, -0.25) is 4.21 Å². The monoisotopic (exact) mass is 308 g/mol. The van der Waals surface area contributed by atoms with Gasteiger partial charge in [0.25, 0.3) is 0 Å². The van der Waals surface area contributed by atoms with E-state index in [2.05, 4.69) is 0 Å². The summed E-state index contributed by atoms with van der Waals surface area (Å²) in [5.74, 6) is 0. The van der Waals surface area contributed by atoms with Crippen molar-refractivity contribution in [1.29, 1.82) is 0 Å². The zero-order valence-electron chi connectivity index (χ0n) is 6.48. The van der Waals surface area contributed by atoms with E-state index < -0.39 is 21.0 Å². The fourth-order valence-corrected chi connectivity index (χ4v) is 0. The van der Waals surface area contributed by atoms with Crippen molar-refractivity contribution in [3.05, 3.63) is 30.6 Å². The Kier molecular flexibility index (Phi) is 30.4.